The summed E-state index contributed by atoms with van der Waals surface area (Å²) >= 11 is 0. The van der Waals surface area contributed by atoms with Crippen molar-refractivity contribution in [2.45, 2.75) is 13.8 Å². The number of nitrogens with zero attached hydrogens (tertiary/aromatic N) is 1. The Morgan fingerprint density at radius 3 is 2.83 bits per heavy atom. The first kappa shape index (κ1) is 12.4. The van der Waals surface area contributed by atoms with Gasteiger partial charge in [0.2, 0.25) is 0 Å². The van der Waals surface area contributed by atoms with Gasteiger partial charge in [-0.15, -0.1) is 0 Å². The molecule has 0 aliphatic heterocycles. The summed E-state index contributed by atoms with van der Waals surface area (Å²) in [6.07, 6.45) is 1.73. The van der Waals surface area contributed by atoms with Crippen LogP contribution in [0, 0.1) is 5.92 Å². The van der Waals surface area contributed by atoms with Gasteiger partial charge in [0.15, 0.2) is 0 Å². The Morgan fingerprint density at radius 2 is 2.17 bits per heavy atom. The zero-order valence-electron chi connectivity index (χ0n) is 10.5. The first-order valence-electron chi connectivity index (χ1n) is 5.94. The van der Waals surface area contributed by atoms with Crippen molar-refractivity contribution < 1.29 is 9.90 Å². The molecule has 0 spiro atoms. The molecule has 0 saturated carbocycles. The fourth-order valence-corrected chi connectivity index (χ4v) is 1.74. The van der Waals surface area contributed by atoms with E-state index in [0.29, 0.717) is 5.92 Å². The van der Waals surface area contributed by atoms with Gasteiger partial charge in [-0.2, -0.15) is 0 Å². The highest BCUT2D eigenvalue weighted by Crippen LogP contribution is 2.22. The second-order valence-electron chi connectivity index (χ2n) is 4.68. The molecule has 0 atom stereocenters. The standard InChI is InChI=1S/C14H16N2O2/c1-9(2)8-16-13-12-7-11(14(17)18)4-3-10(12)5-6-15-13/h3-7,9H,8H2,1-2H3,(H,15,16)(H,17,18). The van der Waals surface area contributed by atoms with Crippen molar-refractivity contribution in [1.29, 1.82) is 0 Å². The van der Waals surface area contributed by atoms with Crippen LogP contribution in [0.1, 0.15) is 24.2 Å². The van der Waals surface area contributed by atoms with Gasteiger partial charge in [-0.25, -0.2) is 9.78 Å². The molecule has 0 radical (unpaired) electrons. The van der Waals surface area contributed by atoms with Crippen LogP contribution in [0.4, 0.5) is 5.82 Å². The molecule has 0 aliphatic rings. The number of aromatic nitrogens is 1. The van der Waals surface area contributed by atoms with Crippen LogP contribution in [0.5, 0.6) is 0 Å². The van der Waals surface area contributed by atoms with E-state index in [0.717, 1.165) is 23.1 Å². The Morgan fingerprint density at radius 1 is 1.39 bits per heavy atom. The topological polar surface area (TPSA) is 62.2 Å². The normalized spacial score (nSPS) is 10.8. The lowest BCUT2D eigenvalue weighted by Gasteiger charge is -2.11. The second kappa shape index (κ2) is 5.04. The number of hydrogen-bond donors (Lipinski definition) is 2. The van der Waals surface area contributed by atoms with Crippen molar-refractivity contribution in [2.75, 3.05) is 11.9 Å². The van der Waals surface area contributed by atoms with E-state index in [-0.39, 0.29) is 5.56 Å². The van der Waals surface area contributed by atoms with Crippen LogP contribution >= 0.6 is 0 Å². The molecule has 0 unspecified atom stereocenters. The van der Waals surface area contributed by atoms with E-state index in [4.69, 9.17) is 5.11 Å². The summed E-state index contributed by atoms with van der Waals surface area (Å²) in [5.41, 5.74) is 0.281. The van der Waals surface area contributed by atoms with E-state index in [2.05, 4.69) is 24.1 Å². The first-order valence-corrected chi connectivity index (χ1v) is 5.94. The number of benzene rings is 1. The number of carboxylic acid groups (broad SMARTS) is 1. The minimum Gasteiger partial charge on any atom is -0.478 e. The van der Waals surface area contributed by atoms with Crippen molar-refractivity contribution in [3.63, 3.8) is 0 Å². The van der Waals surface area contributed by atoms with E-state index in [1.807, 2.05) is 6.07 Å². The molecule has 1 aromatic carbocycles. The van der Waals surface area contributed by atoms with Crippen LogP contribution in [-0.4, -0.2) is 22.6 Å². The van der Waals surface area contributed by atoms with Gasteiger partial charge in [-0.3, -0.25) is 0 Å². The van der Waals surface area contributed by atoms with Crippen molar-refractivity contribution in [3.05, 3.63) is 36.0 Å². The van der Waals surface area contributed by atoms with Gasteiger partial charge in [-0.05, 0) is 29.5 Å². The molecule has 0 fully saturated rings. The van der Waals surface area contributed by atoms with Crippen LogP contribution in [-0.2, 0) is 0 Å². The van der Waals surface area contributed by atoms with Gasteiger partial charge in [0.25, 0.3) is 0 Å². The highest BCUT2D eigenvalue weighted by Gasteiger charge is 2.07. The molecular weight excluding hydrogens is 228 g/mol. The lowest BCUT2D eigenvalue weighted by molar-refractivity contribution is 0.0697. The molecule has 2 aromatic rings. The molecule has 1 heterocycles. The third-order valence-corrected chi connectivity index (χ3v) is 2.69. The van der Waals surface area contributed by atoms with Gasteiger partial charge < -0.3 is 10.4 Å². The van der Waals surface area contributed by atoms with Crippen LogP contribution in [0.2, 0.25) is 0 Å². The number of nitrogens with one attached hydrogen (secondary N) is 1. The molecule has 4 heteroatoms. The Bertz CT molecular complexity index is 579. The van der Waals surface area contributed by atoms with Gasteiger partial charge in [0, 0.05) is 18.1 Å². The molecule has 2 rings (SSSR count). The Labute approximate surface area is 106 Å². The van der Waals surface area contributed by atoms with E-state index in [9.17, 15) is 4.79 Å². The largest absolute Gasteiger partial charge is 0.478 e. The van der Waals surface area contributed by atoms with Crippen molar-refractivity contribution in [1.82, 2.24) is 4.98 Å². The molecule has 1 aromatic heterocycles. The number of carboxylic acids is 1. The molecule has 18 heavy (non-hydrogen) atoms. The van der Waals surface area contributed by atoms with Crippen molar-refractivity contribution in [3.8, 4) is 0 Å². The molecule has 94 valence electrons. The Kier molecular flexibility index (Phi) is 3.46. The minimum atomic E-state index is -0.921. The van der Waals surface area contributed by atoms with Crippen LogP contribution in [0.3, 0.4) is 0 Å². The Balaban J connectivity index is 2.45. The van der Waals surface area contributed by atoms with Crippen molar-refractivity contribution in [2.24, 2.45) is 5.92 Å². The first-order chi connectivity index (χ1) is 8.58. The van der Waals surface area contributed by atoms with Gasteiger partial charge in [-0.1, -0.05) is 19.9 Å². The van der Waals surface area contributed by atoms with Crippen molar-refractivity contribution >= 4 is 22.6 Å². The summed E-state index contributed by atoms with van der Waals surface area (Å²) in [5.74, 6) is 0.324. The number of carbonyl (C=O) groups is 1. The number of pyridine rings is 1. The molecule has 0 saturated heterocycles. The molecule has 0 amide bonds. The third kappa shape index (κ3) is 2.59. The third-order valence-electron chi connectivity index (χ3n) is 2.69. The van der Waals surface area contributed by atoms with E-state index in [1.165, 1.54) is 0 Å². The molecular formula is C14H16N2O2. The quantitative estimate of drug-likeness (QED) is 0.867. The summed E-state index contributed by atoms with van der Waals surface area (Å²) in [6, 6.07) is 6.95. The predicted octanol–water partition coefficient (Wildman–Crippen LogP) is 3.00. The molecule has 0 bridgehead atoms. The monoisotopic (exact) mass is 244 g/mol. The summed E-state index contributed by atoms with van der Waals surface area (Å²) in [7, 11) is 0. The fourth-order valence-electron chi connectivity index (χ4n) is 1.74. The number of aromatic carboxylic acids is 1. The number of hydrogen-bond acceptors (Lipinski definition) is 3. The van der Waals surface area contributed by atoms with Crippen LogP contribution in [0.25, 0.3) is 10.8 Å². The van der Waals surface area contributed by atoms with E-state index in [1.54, 1.807) is 24.4 Å². The zero-order chi connectivity index (χ0) is 13.1. The second-order valence-corrected chi connectivity index (χ2v) is 4.68. The fraction of sp³-hybridized carbons (Fsp3) is 0.286. The van der Waals surface area contributed by atoms with Gasteiger partial charge >= 0.3 is 5.97 Å². The lowest BCUT2D eigenvalue weighted by atomic mass is 10.1. The maximum absolute atomic E-state index is 11.0. The lowest BCUT2D eigenvalue weighted by Crippen LogP contribution is -2.09. The number of fused-ring (bicyclic) bond motifs is 1. The number of rotatable bonds is 4. The summed E-state index contributed by atoms with van der Waals surface area (Å²) in [4.78, 5) is 15.3. The maximum Gasteiger partial charge on any atom is 0.335 e. The maximum atomic E-state index is 11.0. The van der Waals surface area contributed by atoms with Crippen LogP contribution in [0.15, 0.2) is 30.5 Å². The SMILES string of the molecule is CC(C)CNc1nccc2ccc(C(=O)O)cc12. The van der Waals surface area contributed by atoms with E-state index >= 15 is 0 Å². The van der Waals surface area contributed by atoms with Gasteiger partial charge in [0.1, 0.15) is 5.82 Å². The molecule has 2 N–H and O–H groups in total. The molecule has 4 nitrogen and oxygen atoms in total. The van der Waals surface area contributed by atoms with Gasteiger partial charge in [0.05, 0.1) is 5.56 Å². The molecule has 0 aliphatic carbocycles. The summed E-state index contributed by atoms with van der Waals surface area (Å²) in [6.45, 7) is 5.03. The van der Waals surface area contributed by atoms with E-state index < -0.39 is 5.97 Å². The summed E-state index contributed by atoms with van der Waals surface area (Å²) < 4.78 is 0. The summed E-state index contributed by atoms with van der Waals surface area (Å²) in [5, 5.41) is 14.1. The average molecular weight is 244 g/mol. The zero-order valence-corrected chi connectivity index (χ0v) is 10.5. The number of anilines is 1. The minimum absolute atomic E-state index is 0.281. The smallest absolute Gasteiger partial charge is 0.335 e. The predicted molar refractivity (Wildman–Crippen MR) is 72.0 cm³/mol. The highest BCUT2D eigenvalue weighted by atomic mass is 16.4. The average Bonchev–Trinajstić information content (AvgIpc) is 2.35. The van der Waals surface area contributed by atoms with Crippen LogP contribution < -0.4 is 5.32 Å². The highest BCUT2D eigenvalue weighted by molar-refractivity contribution is 5.98. The Hall–Kier alpha value is -2.10.